The number of hydrogen-bond acceptors (Lipinski definition) is 2. The van der Waals surface area contributed by atoms with Crippen LogP contribution in [0.5, 0.6) is 0 Å². The maximum absolute atomic E-state index is 5.47. The molecule has 2 heteroatoms. The van der Waals surface area contributed by atoms with Crippen LogP contribution in [0, 0.1) is 0 Å². The molecular weight excluding hydrogens is 210 g/mol. The fraction of sp³-hybridized carbons (Fsp3) is 0.467. The van der Waals surface area contributed by atoms with Gasteiger partial charge < -0.3 is 9.73 Å². The third-order valence-corrected chi connectivity index (χ3v) is 3.79. The van der Waals surface area contributed by atoms with E-state index in [0.717, 1.165) is 12.1 Å². The summed E-state index contributed by atoms with van der Waals surface area (Å²) in [6, 6.07) is 8.92. The number of benzene rings is 1. The van der Waals surface area contributed by atoms with E-state index < -0.39 is 0 Å². The zero-order valence-corrected chi connectivity index (χ0v) is 11.1. The zero-order valence-electron chi connectivity index (χ0n) is 11.1. The van der Waals surface area contributed by atoms with Gasteiger partial charge in [0.1, 0.15) is 5.58 Å². The third-order valence-electron chi connectivity index (χ3n) is 3.79. The second-order valence-electron chi connectivity index (χ2n) is 5.17. The van der Waals surface area contributed by atoms with Crippen LogP contribution in [0.3, 0.4) is 0 Å². The van der Waals surface area contributed by atoms with Crippen molar-refractivity contribution in [3.05, 3.63) is 36.1 Å². The second-order valence-corrected chi connectivity index (χ2v) is 5.17. The lowest BCUT2D eigenvalue weighted by molar-refractivity contribution is 0.368. The number of nitrogens with one attached hydrogen (secondary N) is 1. The smallest absolute Gasteiger partial charge is 0.134 e. The maximum atomic E-state index is 5.47. The highest BCUT2D eigenvalue weighted by atomic mass is 16.3. The molecule has 1 heterocycles. The number of likely N-dealkylation sites (N-methyl/N-ethyl adjacent to an activating group) is 1. The van der Waals surface area contributed by atoms with Crippen molar-refractivity contribution in [1.82, 2.24) is 5.32 Å². The molecule has 1 unspecified atom stereocenters. The fourth-order valence-corrected chi connectivity index (χ4v) is 2.17. The van der Waals surface area contributed by atoms with Crippen molar-refractivity contribution in [2.24, 2.45) is 0 Å². The molecule has 0 aliphatic carbocycles. The van der Waals surface area contributed by atoms with Crippen molar-refractivity contribution in [3.63, 3.8) is 0 Å². The van der Waals surface area contributed by atoms with E-state index >= 15 is 0 Å². The van der Waals surface area contributed by atoms with E-state index in [0.29, 0.717) is 6.04 Å². The van der Waals surface area contributed by atoms with Crippen molar-refractivity contribution in [2.75, 3.05) is 6.54 Å². The molecular formula is C15H21NO. The first-order chi connectivity index (χ1) is 8.05. The first kappa shape index (κ1) is 12.2. The number of fused-ring (bicyclic) bond motifs is 1. The van der Waals surface area contributed by atoms with Gasteiger partial charge in [-0.15, -0.1) is 0 Å². The molecule has 0 amide bonds. The van der Waals surface area contributed by atoms with E-state index in [1.807, 2.05) is 6.07 Å². The van der Waals surface area contributed by atoms with Crippen LogP contribution in [0.1, 0.15) is 33.3 Å². The summed E-state index contributed by atoms with van der Waals surface area (Å²) < 4.78 is 5.47. The Hall–Kier alpha value is -1.28. The van der Waals surface area contributed by atoms with Gasteiger partial charge in [-0.2, -0.15) is 0 Å². The van der Waals surface area contributed by atoms with Gasteiger partial charge in [0, 0.05) is 16.8 Å². The topological polar surface area (TPSA) is 25.2 Å². The highest BCUT2D eigenvalue weighted by Crippen LogP contribution is 2.30. The highest BCUT2D eigenvalue weighted by molar-refractivity contribution is 5.77. The van der Waals surface area contributed by atoms with Crippen molar-refractivity contribution >= 4 is 11.0 Å². The Bertz CT molecular complexity index is 498. The molecule has 0 bridgehead atoms. The first-order valence-corrected chi connectivity index (χ1v) is 6.27. The summed E-state index contributed by atoms with van der Waals surface area (Å²) in [5, 5.41) is 4.66. The minimum Gasteiger partial charge on any atom is -0.464 e. The summed E-state index contributed by atoms with van der Waals surface area (Å²) in [6.07, 6.45) is 1.75. The van der Waals surface area contributed by atoms with E-state index in [4.69, 9.17) is 4.42 Å². The van der Waals surface area contributed by atoms with Crippen LogP contribution in [0.25, 0.3) is 11.0 Å². The minimum atomic E-state index is 0.0942. The van der Waals surface area contributed by atoms with E-state index in [9.17, 15) is 0 Å². The Labute approximate surface area is 103 Å². The van der Waals surface area contributed by atoms with E-state index in [1.165, 1.54) is 10.9 Å². The molecule has 2 aromatic rings. The molecule has 0 spiro atoms. The summed E-state index contributed by atoms with van der Waals surface area (Å²) in [7, 11) is 0. The van der Waals surface area contributed by atoms with Crippen LogP contribution in [-0.2, 0) is 5.41 Å². The van der Waals surface area contributed by atoms with Crippen LogP contribution in [0.2, 0.25) is 0 Å². The standard InChI is InChI=1S/C15H21NO/c1-5-16-11(2)15(3,4)13-7-6-12-8-9-17-14(12)10-13/h6-11,16H,5H2,1-4H3. The molecule has 1 atom stereocenters. The van der Waals surface area contributed by atoms with E-state index in [1.54, 1.807) is 6.26 Å². The van der Waals surface area contributed by atoms with E-state index in [-0.39, 0.29) is 5.41 Å². The van der Waals surface area contributed by atoms with Gasteiger partial charge in [0.25, 0.3) is 0 Å². The molecule has 0 aliphatic heterocycles. The lowest BCUT2D eigenvalue weighted by Crippen LogP contribution is -2.42. The summed E-state index contributed by atoms with van der Waals surface area (Å²) in [5.74, 6) is 0. The normalized spacial score (nSPS) is 14.1. The Morgan fingerprint density at radius 1 is 1.29 bits per heavy atom. The van der Waals surface area contributed by atoms with Crippen molar-refractivity contribution in [1.29, 1.82) is 0 Å². The molecule has 0 saturated carbocycles. The van der Waals surface area contributed by atoms with E-state index in [2.05, 4.69) is 51.2 Å². The van der Waals surface area contributed by atoms with Gasteiger partial charge in [-0.05, 0) is 31.2 Å². The van der Waals surface area contributed by atoms with Crippen molar-refractivity contribution < 1.29 is 4.42 Å². The molecule has 0 radical (unpaired) electrons. The summed E-state index contributed by atoms with van der Waals surface area (Å²) in [5.41, 5.74) is 2.38. The Morgan fingerprint density at radius 3 is 2.76 bits per heavy atom. The molecule has 1 aromatic carbocycles. The summed E-state index contributed by atoms with van der Waals surface area (Å²) in [4.78, 5) is 0. The summed E-state index contributed by atoms with van der Waals surface area (Å²) in [6.45, 7) is 9.90. The molecule has 0 saturated heterocycles. The van der Waals surface area contributed by atoms with Gasteiger partial charge in [0.05, 0.1) is 6.26 Å². The quantitative estimate of drug-likeness (QED) is 0.867. The van der Waals surface area contributed by atoms with Crippen LogP contribution >= 0.6 is 0 Å². The predicted molar refractivity (Wildman–Crippen MR) is 72.4 cm³/mol. The van der Waals surface area contributed by atoms with Gasteiger partial charge >= 0.3 is 0 Å². The van der Waals surface area contributed by atoms with Crippen molar-refractivity contribution in [2.45, 2.75) is 39.2 Å². The third kappa shape index (κ3) is 2.22. The lowest BCUT2D eigenvalue weighted by atomic mass is 9.78. The van der Waals surface area contributed by atoms with Gasteiger partial charge in [-0.25, -0.2) is 0 Å². The predicted octanol–water partition coefficient (Wildman–Crippen LogP) is 3.71. The monoisotopic (exact) mass is 231 g/mol. The number of hydrogen-bond donors (Lipinski definition) is 1. The molecule has 1 N–H and O–H groups in total. The molecule has 2 rings (SSSR count). The molecule has 17 heavy (non-hydrogen) atoms. The Morgan fingerprint density at radius 2 is 2.06 bits per heavy atom. The molecule has 0 aliphatic rings. The van der Waals surface area contributed by atoms with Crippen molar-refractivity contribution in [3.8, 4) is 0 Å². The lowest BCUT2D eigenvalue weighted by Gasteiger charge is -2.33. The van der Waals surface area contributed by atoms with Gasteiger partial charge in [0.2, 0.25) is 0 Å². The summed E-state index contributed by atoms with van der Waals surface area (Å²) >= 11 is 0. The van der Waals surface area contributed by atoms with Crippen LogP contribution in [0.4, 0.5) is 0 Å². The first-order valence-electron chi connectivity index (χ1n) is 6.27. The molecule has 1 aromatic heterocycles. The Balaban J connectivity index is 2.36. The van der Waals surface area contributed by atoms with Crippen LogP contribution < -0.4 is 5.32 Å². The number of rotatable bonds is 4. The van der Waals surface area contributed by atoms with Gasteiger partial charge in [-0.1, -0.05) is 32.9 Å². The van der Waals surface area contributed by atoms with Crippen LogP contribution in [0.15, 0.2) is 34.9 Å². The Kier molecular flexibility index (Phi) is 3.25. The second kappa shape index (κ2) is 4.53. The fourth-order valence-electron chi connectivity index (χ4n) is 2.17. The molecule has 92 valence electrons. The van der Waals surface area contributed by atoms with Gasteiger partial charge in [0.15, 0.2) is 0 Å². The maximum Gasteiger partial charge on any atom is 0.134 e. The molecule has 0 fully saturated rings. The zero-order chi connectivity index (χ0) is 12.5. The largest absolute Gasteiger partial charge is 0.464 e. The van der Waals surface area contributed by atoms with Crippen LogP contribution in [-0.4, -0.2) is 12.6 Å². The SMILES string of the molecule is CCNC(C)C(C)(C)c1ccc2ccoc2c1. The molecule has 2 nitrogen and oxygen atoms in total. The number of furan rings is 1. The average Bonchev–Trinajstić information content (AvgIpc) is 2.76. The highest BCUT2D eigenvalue weighted by Gasteiger charge is 2.27. The van der Waals surface area contributed by atoms with Gasteiger partial charge in [-0.3, -0.25) is 0 Å². The average molecular weight is 231 g/mol. The minimum absolute atomic E-state index is 0.0942.